The lowest BCUT2D eigenvalue weighted by Gasteiger charge is -2.32. The second-order valence-electron chi connectivity index (χ2n) is 6.29. The Morgan fingerprint density at radius 3 is 2.40 bits per heavy atom. The molecule has 2 N–H and O–H groups in total. The molecule has 4 heteroatoms. The average molecular weight is 329 g/mol. The first-order valence-corrected chi connectivity index (χ1v) is 8.37. The number of benzene rings is 2. The zero-order valence-corrected chi connectivity index (χ0v) is 13.8. The Kier molecular flexibility index (Phi) is 4.04. The fourth-order valence-electron chi connectivity index (χ4n) is 3.23. The van der Waals surface area contributed by atoms with Gasteiger partial charge in [-0.05, 0) is 22.8 Å². The first-order valence-electron chi connectivity index (χ1n) is 8.37. The van der Waals surface area contributed by atoms with Crippen LogP contribution in [-0.4, -0.2) is 16.9 Å². The summed E-state index contributed by atoms with van der Waals surface area (Å²) in [4.78, 5) is 18.9. The molecule has 0 aliphatic carbocycles. The van der Waals surface area contributed by atoms with Crippen LogP contribution in [0.1, 0.15) is 11.1 Å². The number of hydrogen-bond acceptors (Lipinski definition) is 3. The smallest absolute Gasteiger partial charge is 0.245 e. The molecule has 124 valence electrons. The van der Waals surface area contributed by atoms with E-state index >= 15 is 0 Å². The number of pyridine rings is 1. The lowest BCUT2D eigenvalue weighted by atomic mass is 9.97. The van der Waals surface area contributed by atoms with Gasteiger partial charge in [-0.25, -0.2) is 4.98 Å². The van der Waals surface area contributed by atoms with E-state index in [0.29, 0.717) is 13.0 Å². The first kappa shape index (κ1) is 15.5. The van der Waals surface area contributed by atoms with Gasteiger partial charge in [-0.3, -0.25) is 9.69 Å². The van der Waals surface area contributed by atoms with Crippen molar-refractivity contribution in [3.8, 4) is 11.1 Å². The van der Waals surface area contributed by atoms with E-state index < -0.39 is 6.04 Å². The van der Waals surface area contributed by atoms with Gasteiger partial charge in [0, 0.05) is 18.2 Å². The number of fused-ring (bicyclic) bond motifs is 1. The molecule has 0 saturated carbocycles. The average Bonchev–Trinajstić information content (AvgIpc) is 2.66. The maximum atomic E-state index is 12.6. The van der Waals surface area contributed by atoms with Crippen molar-refractivity contribution < 1.29 is 4.79 Å². The third kappa shape index (κ3) is 3.04. The molecule has 4 rings (SSSR count). The predicted octanol–water partition coefficient (Wildman–Crippen LogP) is 3.17. The van der Waals surface area contributed by atoms with Gasteiger partial charge < -0.3 is 5.73 Å². The summed E-state index contributed by atoms with van der Waals surface area (Å²) in [5.74, 6) is 0.645. The van der Waals surface area contributed by atoms with E-state index in [-0.39, 0.29) is 5.91 Å². The molecule has 1 amide bonds. The van der Waals surface area contributed by atoms with E-state index in [0.717, 1.165) is 28.1 Å². The quantitative estimate of drug-likeness (QED) is 0.803. The van der Waals surface area contributed by atoms with Gasteiger partial charge >= 0.3 is 0 Å². The number of aromatic nitrogens is 1. The number of carbonyl (C=O) groups excluding carboxylic acids is 1. The molecule has 0 saturated heterocycles. The van der Waals surface area contributed by atoms with Crippen molar-refractivity contribution in [2.24, 2.45) is 5.73 Å². The van der Waals surface area contributed by atoms with Crippen molar-refractivity contribution in [2.45, 2.75) is 19.0 Å². The fourth-order valence-corrected chi connectivity index (χ4v) is 3.23. The Bertz CT molecular complexity index is 894. The number of anilines is 1. The van der Waals surface area contributed by atoms with Crippen molar-refractivity contribution in [3.05, 3.63) is 84.1 Å². The second-order valence-corrected chi connectivity index (χ2v) is 6.29. The van der Waals surface area contributed by atoms with Gasteiger partial charge in [-0.2, -0.15) is 0 Å². The second kappa shape index (κ2) is 6.49. The van der Waals surface area contributed by atoms with Crippen LogP contribution in [0.4, 0.5) is 5.82 Å². The van der Waals surface area contributed by atoms with Crippen LogP contribution in [-0.2, 0) is 17.8 Å². The van der Waals surface area contributed by atoms with E-state index in [1.807, 2.05) is 54.7 Å². The molecular weight excluding hydrogens is 310 g/mol. The number of nitrogens with zero attached hydrogens (tertiary/aromatic N) is 2. The van der Waals surface area contributed by atoms with Crippen molar-refractivity contribution in [1.29, 1.82) is 0 Å². The maximum absolute atomic E-state index is 12.6. The van der Waals surface area contributed by atoms with Crippen LogP contribution in [0.5, 0.6) is 0 Å². The van der Waals surface area contributed by atoms with E-state index in [1.165, 1.54) is 0 Å². The summed E-state index contributed by atoms with van der Waals surface area (Å²) in [7, 11) is 0. The van der Waals surface area contributed by atoms with Crippen LogP contribution in [0.2, 0.25) is 0 Å². The number of amides is 1. The van der Waals surface area contributed by atoms with E-state index in [4.69, 9.17) is 5.73 Å². The lowest BCUT2D eigenvalue weighted by molar-refractivity contribution is -0.120. The molecule has 2 aromatic carbocycles. The minimum atomic E-state index is -0.524. The van der Waals surface area contributed by atoms with Crippen LogP contribution in [0.15, 0.2) is 72.9 Å². The van der Waals surface area contributed by atoms with Crippen LogP contribution in [0.3, 0.4) is 0 Å². The highest BCUT2D eigenvalue weighted by atomic mass is 16.2. The molecule has 1 unspecified atom stereocenters. The molecular formula is C21H19N3O. The highest BCUT2D eigenvalue weighted by Gasteiger charge is 2.31. The molecule has 0 spiro atoms. The molecule has 1 aliphatic rings. The molecule has 4 nitrogen and oxygen atoms in total. The monoisotopic (exact) mass is 329 g/mol. The standard InChI is InChI=1S/C21H19N3O/c22-19-12-17-11-18(16-9-5-2-6-10-16)13-23-20(17)24(21(19)25)14-15-7-3-1-4-8-15/h1-11,13,19H,12,14,22H2. The minimum Gasteiger partial charge on any atom is -0.320 e. The summed E-state index contributed by atoms with van der Waals surface area (Å²) >= 11 is 0. The zero-order valence-electron chi connectivity index (χ0n) is 13.8. The molecule has 2 heterocycles. The van der Waals surface area contributed by atoms with Gasteiger partial charge in [-0.1, -0.05) is 60.7 Å². The predicted molar refractivity (Wildman–Crippen MR) is 99.0 cm³/mol. The fraction of sp³-hybridized carbons (Fsp3) is 0.143. The Morgan fingerprint density at radius 1 is 1.00 bits per heavy atom. The van der Waals surface area contributed by atoms with E-state index in [2.05, 4.69) is 23.2 Å². The lowest BCUT2D eigenvalue weighted by Crippen LogP contribution is -2.48. The Balaban J connectivity index is 1.72. The van der Waals surface area contributed by atoms with Crippen molar-refractivity contribution in [3.63, 3.8) is 0 Å². The third-order valence-corrected chi connectivity index (χ3v) is 4.51. The normalized spacial score (nSPS) is 16.6. The molecule has 1 atom stereocenters. The number of nitrogens with two attached hydrogens (primary N) is 1. The SMILES string of the molecule is NC1Cc2cc(-c3ccccc3)cnc2N(Cc2ccccc2)C1=O. The Morgan fingerprint density at radius 2 is 1.68 bits per heavy atom. The van der Waals surface area contributed by atoms with E-state index in [1.54, 1.807) is 4.90 Å². The molecule has 3 aromatic rings. The van der Waals surface area contributed by atoms with Crippen molar-refractivity contribution >= 4 is 11.7 Å². The largest absolute Gasteiger partial charge is 0.320 e. The Hall–Kier alpha value is -2.98. The van der Waals surface area contributed by atoms with Gasteiger partial charge in [0.15, 0.2) is 0 Å². The molecule has 1 aliphatic heterocycles. The summed E-state index contributed by atoms with van der Waals surface area (Å²) in [6.45, 7) is 0.484. The maximum Gasteiger partial charge on any atom is 0.245 e. The molecule has 1 aromatic heterocycles. The highest BCUT2D eigenvalue weighted by Crippen LogP contribution is 2.30. The number of carbonyl (C=O) groups is 1. The first-order chi connectivity index (χ1) is 12.2. The van der Waals surface area contributed by atoms with Crippen molar-refractivity contribution in [2.75, 3.05) is 4.90 Å². The Labute approximate surface area is 146 Å². The van der Waals surface area contributed by atoms with Crippen LogP contribution in [0.25, 0.3) is 11.1 Å². The van der Waals surface area contributed by atoms with Crippen LogP contribution < -0.4 is 10.6 Å². The van der Waals surface area contributed by atoms with Gasteiger partial charge in [0.2, 0.25) is 5.91 Å². The summed E-state index contributed by atoms with van der Waals surface area (Å²) < 4.78 is 0. The molecule has 0 bridgehead atoms. The summed E-state index contributed by atoms with van der Waals surface area (Å²) in [6, 6.07) is 21.6. The zero-order chi connectivity index (χ0) is 17.2. The summed E-state index contributed by atoms with van der Waals surface area (Å²) in [5.41, 5.74) is 10.3. The van der Waals surface area contributed by atoms with Gasteiger partial charge in [0.1, 0.15) is 5.82 Å². The van der Waals surface area contributed by atoms with Gasteiger partial charge in [-0.15, -0.1) is 0 Å². The topological polar surface area (TPSA) is 59.2 Å². The molecule has 0 fully saturated rings. The summed E-state index contributed by atoms with van der Waals surface area (Å²) in [5, 5.41) is 0. The van der Waals surface area contributed by atoms with E-state index in [9.17, 15) is 4.79 Å². The van der Waals surface area contributed by atoms with Crippen LogP contribution in [0, 0.1) is 0 Å². The summed E-state index contributed by atoms with van der Waals surface area (Å²) in [6.07, 6.45) is 2.35. The van der Waals surface area contributed by atoms with Crippen molar-refractivity contribution in [1.82, 2.24) is 4.98 Å². The highest BCUT2D eigenvalue weighted by molar-refractivity contribution is 5.99. The van der Waals surface area contributed by atoms with Gasteiger partial charge in [0.05, 0.1) is 12.6 Å². The number of hydrogen-bond donors (Lipinski definition) is 1. The van der Waals surface area contributed by atoms with Gasteiger partial charge in [0.25, 0.3) is 0 Å². The van der Waals surface area contributed by atoms with Crippen LogP contribution >= 0.6 is 0 Å². The molecule has 25 heavy (non-hydrogen) atoms. The minimum absolute atomic E-state index is 0.0729. The molecule has 0 radical (unpaired) electrons. The third-order valence-electron chi connectivity index (χ3n) is 4.51. The number of rotatable bonds is 3.